The molecule has 74 valence electrons. The van der Waals surface area contributed by atoms with Crippen LogP contribution in [0, 0.1) is 0 Å². The van der Waals surface area contributed by atoms with Gasteiger partial charge in [0.25, 0.3) is 0 Å². The minimum atomic E-state index is -4.62. The number of ether oxygens (including phenoxy) is 1. The largest absolute Gasteiger partial charge is 0.573 e. The van der Waals surface area contributed by atoms with Crippen LogP contribution in [0.3, 0.4) is 0 Å². The van der Waals surface area contributed by atoms with Crippen molar-refractivity contribution in [3.8, 4) is 5.75 Å². The predicted octanol–water partition coefficient (Wildman–Crippen LogP) is 3.24. The Morgan fingerprint density at radius 3 is 2.43 bits per heavy atom. The molecule has 0 saturated heterocycles. The maximum absolute atomic E-state index is 11.9. The topological polar surface area (TPSA) is 9.23 Å². The molecular weight excluding hydrogens is 193 g/mol. The molecule has 14 heavy (non-hydrogen) atoms. The van der Waals surface area contributed by atoms with E-state index in [0.29, 0.717) is 0 Å². The summed E-state index contributed by atoms with van der Waals surface area (Å²) in [6.45, 7) is 0. The molecule has 0 aliphatic heterocycles. The average molecular weight is 200 g/mol. The third-order valence-corrected chi connectivity index (χ3v) is 1.86. The van der Waals surface area contributed by atoms with Gasteiger partial charge < -0.3 is 4.74 Å². The van der Waals surface area contributed by atoms with E-state index in [9.17, 15) is 13.2 Å². The predicted molar refractivity (Wildman–Crippen MR) is 45.0 cm³/mol. The smallest absolute Gasteiger partial charge is 0.406 e. The van der Waals surface area contributed by atoms with Crippen LogP contribution in [-0.4, -0.2) is 6.36 Å². The minimum absolute atomic E-state index is 0.163. The molecule has 0 unspecified atom stereocenters. The molecule has 0 heterocycles. The monoisotopic (exact) mass is 200 g/mol. The van der Waals surface area contributed by atoms with Crippen molar-refractivity contribution in [3.63, 3.8) is 0 Å². The fourth-order valence-corrected chi connectivity index (χ4v) is 1.20. The highest BCUT2D eigenvalue weighted by Gasteiger charge is 2.31. The molecule has 2 rings (SSSR count). The van der Waals surface area contributed by atoms with Crippen molar-refractivity contribution in [2.24, 2.45) is 0 Å². The Morgan fingerprint density at radius 2 is 1.86 bits per heavy atom. The molecule has 0 bridgehead atoms. The molecule has 0 amide bonds. The second kappa shape index (κ2) is 3.04. The average Bonchev–Trinajstić information content (AvgIpc) is 2.83. The van der Waals surface area contributed by atoms with Crippen LogP contribution in [0.15, 0.2) is 36.4 Å². The van der Waals surface area contributed by atoms with Gasteiger partial charge >= 0.3 is 6.36 Å². The number of halogens is 3. The molecule has 0 radical (unpaired) electrons. The Labute approximate surface area is 78.8 Å². The lowest BCUT2D eigenvalue weighted by Crippen LogP contribution is -2.17. The number of alkyl halides is 3. The van der Waals surface area contributed by atoms with Crippen molar-refractivity contribution < 1.29 is 17.9 Å². The van der Waals surface area contributed by atoms with Crippen LogP contribution in [0.25, 0.3) is 0 Å². The molecule has 1 aromatic carbocycles. The zero-order valence-electron chi connectivity index (χ0n) is 7.08. The standard InChI is InChI=1S/C10H7F3O/c11-10(12,13)14-9-3-1-2-8(6-9)7-4-5-7/h1-7H. The van der Waals surface area contributed by atoms with E-state index in [2.05, 4.69) is 4.74 Å². The second-order valence-electron chi connectivity index (χ2n) is 3.03. The number of hydrogen-bond donors (Lipinski definition) is 0. The lowest BCUT2D eigenvalue weighted by Gasteiger charge is -2.09. The van der Waals surface area contributed by atoms with E-state index in [1.54, 1.807) is 12.1 Å². The summed E-state index contributed by atoms with van der Waals surface area (Å²) in [6.07, 6.45) is -0.797. The van der Waals surface area contributed by atoms with Gasteiger partial charge in [0.05, 0.1) is 0 Å². The maximum atomic E-state index is 11.9. The molecule has 0 fully saturated rings. The van der Waals surface area contributed by atoms with Crippen molar-refractivity contribution in [2.45, 2.75) is 12.3 Å². The van der Waals surface area contributed by atoms with Crippen LogP contribution >= 0.6 is 0 Å². The lowest BCUT2D eigenvalue weighted by atomic mass is 10.1. The Morgan fingerprint density at radius 1 is 1.14 bits per heavy atom. The summed E-state index contributed by atoms with van der Waals surface area (Å²) >= 11 is 0. The molecule has 1 aliphatic carbocycles. The third-order valence-electron chi connectivity index (χ3n) is 1.86. The second-order valence-corrected chi connectivity index (χ2v) is 3.03. The summed E-state index contributed by atoms with van der Waals surface area (Å²) < 4.78 is 39.3. The zero-order chi connectivity index (χ0) is 10.2. The summed E-state index contributed by atoms with van der Waals surface area (Å²) in [6, 6.07) is 6.02. The van der Waals surface area contributed by atoms with E-state index in [1.165, 1.54) is 12.1 Å². The molecule has 1 aromatic rings. The zero-order valence-corrected chi connectivity index (χ0v) is 7.08. The van der Waals surface area contributed by atoms with E-state index >= 15 is 0 Å². The fourth-order valence-electron chi connectivity index (χ4n) is 1.20. The SMILES string of the molecule is FC(F)(F)Oc1cccc(C2C=C2)c1. The Hall–Kier alpha value is -1.45. The molecule has 0 N–H and O–H groups in total. The molecular formula is C10H7F3O. The number of allylic oxidation sites excluding steroid dienone is 2. The third kappa shape index (κ3) is 2.28. The Balaban J connectivity index is 2.14. The van der Waals surface area contributed by atoms with Gasteiger partial charge in [0.15, 0.2) is 0 Å². The molecule has 0 atom stereocenters. The molecule has 0 saturated carbocycles. The first kappa shape index (κ1) is 9.12. The van der Waals surface area contributed by atoms with Gasteiger partial charge in [-0.05, 0) is 17.7 Å². The van der Waals surface area contributed by atoms with Crippen LogP contribution in [0.2, 0.25) is 0 Å². The number of rotatable bonds is 2. The highest BCUT2D eigenvalue weighted by Crippen LogP contribution is 2.32. The van der Waals surface area contributed by atoms with Gasteiger partial charge in [0, 0.05) is 5.92 Å². The van der Waals surface area contributed by atoms with Crippen molar-refractivity contribution >= 4 is 0 Å². The van der Waals surface area contributed by atoms with E-state index in [-0.39, 0.29) is 11.7 Å². The summed E-state index contributed by atoms with van der Waals surface area (Å²) in [7, 11) is 0. The van der Waals surface area contributed by atoms with Crippen molar-refractivity contribution in [3.05, 3.63) is 42.0 Å². The first-order valence-corrected chi connectivity index (χ1v) is 4.09. The van der Waals surface area contributed by atoms with Gasteiger partial charge in [-0.3, -0.25) is 0 Å². The summed E-state index contributed by atoms with van der Waals surface area (Å²) in [4.78, 5) is 0. The number of benzene rings is 1. The summed E-state index contributed by atoms with van der Waals surface area (Å²) in [5.41, 5.74) is 0.826. The van der Waals surface area contributed by atoms with Crippen LogP contribution in [0.4, 0.5) is 13.2 Å². The van der Waals surface area contributed by atoms with Gasteiger partial charge in [0.1, 0.15) is 5.75 Å². The van der Waals surface area contributed by atoms with Crippen molar-refractivity contribution in [2.75, 3.05) is 0 Å². The van der Waals surface area contributed by atoms with Gasteiger partial charge in [-0.15, -0.1) is 13.2 Å². The minimum Gasteiger partial charge on any atom is -0.406 e. The highest BCUT2D eigenvalue weighted by atomic mass is 19.4. The first-order chi connectivity index (χ1) is 6.54. The normalized spacial score (nSPS) is 15.6. The Kier molecular flexibility index (Phi) is 1.98. The summed E-state index contributed by atoms with van der Waals surface area (Å²) in [5, 5.41) is 0. The Bertz CT molecular complexity index is 362. The van der Waals surface area contributed by atoms with E-state index in [0.717, 1.165) is 5.56 Å². The molecule has 1 nitrogen and oxygen atoms in total. The van der Waals surface area contributed by atoms with Gasteiger partial charge in [-0.1, -0.05) is 24.3 Å². The van der Waals surface area contributed by atoms with E-state index < -0.39 is 6.36 Å². The van der Waals surface area contributed by atoms with E-state index in [1.807, 2.05) is 12.2 Å². The van der Waals surface area contributed by atoms with Crippen LogP contribution < -0.4 is 4.74 Å². The maximum Gasteiger partial charge on any atom is 0.573 e. The van der Waals surface area contributed by atoms with Crippen LogP contribution in [0.5, 0.6) is 5.75 Å². The van der Waals surface area contributed by atoms with Gasteiger partial charge in [-0.25, -0.2) is 0 Å². The van der Waals surface area contributed by atoms with Crippen LogP contribution in [0.1, 0.15) is 11.5 Å². The molecule has 1 aliphatic rings. The first-order valence-electron chi connectivity index (χ1n) is 4.09. The molecule has 4 heteroatoms. The van der Waals surface area contributed by atoms with Crippen molar-refractivity contribution in [1.82, 2.24) is 0 Å². The highest BCUT2D eigenvalue weighted by molar-refractivity contribution is 5.41. The lowest BCUT2D eigenvalue weighted by molar-refractivity contribution is -0.274. The fraction of sp³-hybridized carbons (Fsp3) is 0.200. The quantitative estimate of drug-likeness (QED) is 0.666. The van der Waals surface area contributed by atoms with Gasteiger partial charge in [-0.2, -0.15) is 0 Å². The number of hydrogen-bond acceptors (Lipinski definition) is 1. The van der Waals surface area contributed by atoms with Crippen molar-refractivity contribution in [1.29, 1.82) is 0 Å². The van der Waals surface area contributed by atoms with E-state index in [4.69, 9.17) is 0 Å². The molecule has 0 spiro atoms. The van der Waals surface area contributed by atoms with Crippen LogP contribution in [-0.2, 0) is 0 Å². The van der Waals surface area contributed by atoms with Gasteiger partial charge in [0.2, 0.25) is 0 Å². The molecule has 0 aromatic heterocycles. The summed E-state index contributed by atoms with van der Waals surface area (Å²) in [5.74, 6) is 0.0236.